The van der Waals surface area contributed by atoms with Crippen LogP contribution in [0.15, 0.2) is 48.5 Å². The molecule has 0 saturated carbocycles. The van der Waals surface area contributed by atoms with Gasteiger partial charge in [-0.1, -0.05) is 30.3 Å². The van der Waals surface area contributed by atoms with Gasteiger partial charge in [0.25, 0.3) is 0 Å². The first kappa shape index (κ1) is 20.2. The fraction of sp³-hybridized carbons (Fsp3) is 0.238. The Morgan fingerprint density at radius 1 is 0.893 bits per heavy atom. The monoisotopic (exact) mass is 395 g/mol. The van der Waals surface area contributed by atoms with E-state index in [4.69, 9.17) is 6.92 Å². The number of benzene rings is 2. The average Bonchev–Trinajstić information content (AvgIpc) is 2.63. The number of nitrogens with zero attached hydrogens (tertiary/aromatic N) is 1. The summed E-state index contributed by atoms with van der Waals surface area (Å²) in [5.41, 5.74) is -0.242. The van der Waals surface area contributed by atoms with E-state index in [1.165, 1.54) is 6.07 Å². The van der Waals surface area contributed by atoms with Crippen molar-refractivity contribution in [2.24, 2.45) is 0 Å². The normalized spacial score (nSPS) is 12.5. The van der Waals surface area contributed by atoms with Crippen molar-refractivity contribution in [3.8, 4) is 11.3 Å². The van der Waals surface area contributed by atoms with Crippen LogP contribution in [0.5, 0.6) is 0 Å². The topological polar surface area (TPSA) is 12.9 Å². The lowest BCUT2D eigenvalue weighted by Crippen LogP contribution is -2.13. The smallest absolute Gasteiger partial charge is 0.252 e. The average molecular weight is 395 g/mol. The van der Waals surface area contributed by atoms with Gasteiger partial charge in [0.1, 0.15) is 0 Å². The second kappa shape index (κ2) is 7.45. The van der Waals surface area contributed by atoms with Crippen molar-refractivity contribution in [1.29, 1.82) is 0 Å². The molecule has 0 atom stereocenters. The minimum absolute atomic E-state index is 0.124. The molecule has 0 aliphatic heterocycles. The van der Waals surface area contributed by atoms with Crippen LogP contribution in [0.4, 0.5) is 26.3 Å². The Morgan fingerprint density at radius 2 is 1.61 bits per heavy atom. The fourth-order valence-corrected chi connectivity index (χ4v) is 3.08. The molecule has 0 amide bonds. The van der Waals surface area contributed by atoms with Crippen LogP contribution < -0.4 is 0 Å². The van der Waals surface area contributed by atoms with Crippen molar-refractivity contribution in [2.45, 2.75) is 31.6 Å². The summed E-state index contributed by atoms with van der Waals surface area (Å²) in [5, 5.41) is 1.48. The predicted octanol–water partition coefficient (Wildman–Crippen LogP) is 6.67. The molecule has 0 N–H and O–H groups in total. The lowest BCUT2D eigenvalue weighted by Gasteiger charge is -2.16. The second-order valence-corrected chi connectivity index (χ2v) is 6.37. The molecule has 1 aromatic heterocycles. The molecule has 1 heterocycles. The van der Waals surface area contributed by atoms with E-state index in [1.54, 1.807) is 24.3 Å². The third-order valence-electron chi connectivity index (χ3n) is 4.36. The Hall–Kier alpha value is -2.57. The van der Waals surface area contributed by atoms with Crippen LogP contribution in [0.3, 0.4) is 0 Å². The van der Waals surface area contributed by atoms with Crippen molar-refractivity contribution in [3.05, 3.63) is 72.3 Å². The number of rotatable bonds is 4. The first-order valence-electron chi connectivity index (χ1n) is 8.44. The fourth-order valence-electron chi connectivity index (χ4n) is 3.08. The zero-order chi connectivity index (χ0) is 20.5. The van der Waals surface area contributed by atoms with E-state index in [0.29, 0.717) is 22.3 Å². The van der Waals surface area contributed by atoms with Crippen LogP contribution >= 0.6 is 0 Å². The molecule has 0 aliphatic carbocycles. The molecule has 2 radical (unpaired) electrons. The van der Waals surface area contributed by atoms with Crippen molar-refractivity contribution in [2.75, 3.05) is 0 Å². The highest BCUT2D eigenvalue weighted by molar-refractivity contribution is 5.95. The van der Waals surface area contributed by atoms with Crippen LogP contribution in [0, 0.1) is 6.92 Å². The number of hydrogen-bond acceptors (Lipinski definition) is 1. The largest absolute Gasteiger partial charge is 0.416 e. The minimum atomic E-state index is -4.74. The van der Waals surface area contributed by atoms with Crippen LogP contribution in [0.2, 0.25) is 0 Å². The highest BCUT2D eigenvalue weighted by Crippen LogP contribution is 2.37. The summed E-state index contributed by atoms with van der Waals surface area (Å²) < 4.78 is 77.6. The molecule has 2 aromatic carbocycles. The standard InChI is InChI=1S/C21H15F6N/c1-2-16-12-13-5-3-4-6-17(13)19(28-16)15-7-8-18(21(25,26)27)14(11-15)9-10-20(22,23)24/h1,3-8,11-12H,2,9-10H2. The van der Waals surface area contributed by atoms with E-state index < -0.39 is 36.3 Å². The summed E-state index contributed by atoms with van der Waals surface area (Å²) in [6.45, 7) is 5.66. The first-order chi connectivity index (χ1) is 13.1. The van der Waals surface area contributed by atoms with E-state index in [9.17, 15) is 26.3 Å². The number of hydrogen-bond donors (Lipinski definition) is 0. The van der Waals surface area contributed by atoms with Gasteiger partial charge in [0.05, 0.1) is 11.3 Å². The molecule has 146 valence electrons. The maximum atomic E-state index is 13.3. The predicted molar refractivity (Wildman–Crippen MR) is 94.6 cm³/mol. The molecule has 0 fully saturated rings. The van der Waals surface area contributed by atoms with Crippen molar-refractivity contribution >= 4 is 10.8 Å². The Labute approximate surface area is 158 Å². The quantitative estimate of drug-likeness (QED) is 0.450. The molecule has 3 aromatic rings. The van der Waals surface area contributed by atoms with E-state index in [1.807, 2.05) is 6.07 Å². The van der Waals surface area contributed by atoms with E-state index in [-0.39, 0.29) is 6.42 Å². The van der Waals surface area contributed by atoms with Crippen LogP contribution in [0.1, 0.15) is 23.2 Å². The van der Waals surface area contributed by atoms with Gasteiger partial charge in [-0.05, 0) is 48.9 Å². The lowest BCUT2D eigenvalue weighted by atomic mass is 9.95. The molecule has 28 heavy (non-hydrogen) atoms. The van der Waals surface area contributed by atoms with Crippen LogP contribution in [0.25, 0.3) is 22.0 Å². The Morgan fingerprint density at radius 3 is 2.25 bits per heavy atom. The molecule has 1 nitrogen and oxygen atoms in total. The maximum Gasteiger partial charge on any atom is 0.416 e. The van der Waals surface area contributed by atoms with Gasteiger partial charge in [-0.3, -0.25) is 4.98 Å². The highest BCUT2D eigenvalue weighted by atomic mass is 19.4. The van der Waals surface area contributed by atoms with Gasteiger partial charge in [0.2, 0.25) is 0 Å². The number of aromatic nitrogens is 1. The third kappa shape index (κ3) is 4.46. The van der Waals surface area contributed by atoms with Crippen LogP contribution in [-0.4, -0.2) is 11.2 Å². The zero-order valence-corrected chi connectivity index (χ0v) is 14.5. The number of pyridine rings is 1. The van der Waals surface area contributed by atoms with E-state index in [2.05, 4.69) is 4.98 Å². The van der Waals surface area contributed by atoms with E-state index in [0.717, 1.165) is 17.5 Å². The number of halogens is 6. The molecule has 0 saturated heterocycles. The molecule has 0 spiro atoms. The Balaban J connectivity index is 2.16. The number of aryl methyl sites for hydroxylation is 1. The molecule has 3 rings (SSSR count). The van der Waals surface area contributed by atoms with E-state index >= 15 is 0 Å². The number of alkyl halides is 6. The van der Waals surface area contributed by atoms with Gasteiger partial charge in [-0.2, -0.15) is 26.3 Å². The first-order valence-corrected chi connectivity index (χ1v) is 8.44. The molecular formula is C21H15F6N. The maximum absolute atomic E-state index is 13.3. The van der Waals surface area contributed by atoms with Gasteiger partial charge >= 0.3 is 12.4 Å². The SMILES string of the molecule is [CH]Cc1cc2ccccc2c(-c2ccc(C(F)(F)F)c(CCC(F)(F)F)c2)n1. The van der Waals surface area contributed by atoms with Crippen LogP contribution in [-0.2, 0) is 19.0 Å². The molecule has 0 bridgehead atoms. The minimum Gasteiger partial charge on any atom is -0.252 e. The van der Waals surface area contributed by atoms with Gasteiger partial charge in [-0.15, -0.1) is 0 Å². The summed E-state index contributed by atoms with van der Waals surface area (Å²) in [6.07, 6.45) is -11.3. The van der Waals surface area contributed by atoms with Gasteiger partial charge < -0.3 is 0 Å². The number of fused-ring (bicyclic) bond motifs is 1. The highest BCUT2D eigenvalue weighted by Gasteiger charge is 2.35. The zero-order valence-electron chi connectivity index (χ0n) is 14.5. The molecule has 7 heteroatoms. The summed E-state index contributed by atoms with van der Waals surface area (Å²) >= 11 is 0. The summed E-state index contributed by atoms with van der Waals surface area (Å²) in [7, 11) is 0. The van der Waals surface area contributed by atoms with Gasteiger partial charge in [0.15, 0.2) is 0 Å². The van der Waals surface area contributed by atoms with Crippen molar-refractivity contribution in [1.82, 2.24) is 4.98 Å². The second-order valence-electron chi connectivity index (χ2n) is 6.37. The van der Waals surface area contributed by atoms with Crippen molar-refractivity contribution in [3.63, 3.8) is 0 Å². The van der Waals surface area contributed by atoms with Gasteiger partial charge in [-0.25, -0.2) is 0 Å². The molecule has 0 unspecified atom stereocenters. The summed E-state index contributed by atoms with van der Waals surface area (Å²) in [5.74, 6) is 0. The summed E-state index contributed by atoms with van der Waals surface area (Å²) in [4.78, 5) is 4.40. The lowest BCUT2D eigenvalue weighted by molar-refractivity contribution is -0.141. The van der Waals surface area contributed by atoms with Crippen molar-refractivity contribution < 1.29 is 26.3 Å². The molecular weight excluding hydrogens is 380 g/mol. The summed E-state index contributed by atoms with van der Waals surface area (Å²) in [6, 6.07) is 12.1. The third-order valence-corrected chi connectivity index (χ3v) is 4.36. The Bertz CT molecular complexity index is 988. The Kier molecular flexibility index (Phi) is 5.37. The molecule has 0 aliphatic rings. The van der Waals surface area contributed by atoms with Gasteiger partial charge in [0, 0.05) is 23.1 Å².